The summed E-state index contributed by atoms with van der Waals surface area (Å²) < 4.78 is 13.8. The summed E-state index contributed by atoms with van der Waals surface area (Å²) in [5.74, 6) is -0.603. The largest absolute Gasteiger partial charge is 0.336 e. The van der Waals surface area contributed by atoms with Crippen LogP contribution in [0.5, 0.6) is 0 Å². The van der Waals surface area contributed by atoms with Crippen LogP contribution >= 0.6 is 12.4 Å². The van der Waals surface area contributed by atoms with Crippen LogP contribution in [0.15, 0.2) is 18.2 Å². The van der Waals surface area contributed by atoms with Crippen LogP contribution in [0.2, 0.25) is 0 Å². The van der Waals surface area contributed by atoms with Crippen LogP contribution < -0.4 is 5.32 Å². The molecule has 22 heavy (non-hydrogen) atoms. The Labute approximate surface area is 137 Å². The molecule has 0 aromatic heterocycles. The minimum Gasteiger partial charge on any atom is -0.336 e. The van der Waals surface area contributed by atoms with Crippen molar-refractivity contribution in [3.8, 4) is 0 Å². The van der Waals surface area contributed by atoms with Crippen molar-refractivity contribution in [3.63, 3.8) is 0 Å². The Morgan fingerprint density at radius 2 is 2.00 bits per heavy atom. The summed E-state index contributed by atoms with van der Waals surface area (Å²) in [7, 11) is 0. The standard InChI is InChI=1S/C16H22FN3O.ClH/c1-12-2-3-15(17)14(10-12)16(21)20-8-6-19(7-9-20)13-4-5-18-11-13;/h2-3,10,13,18H,4-9,11H2,1H3;1H. The Kier molecular flexibility index (Phi) is 5.78. The molecule has 1 aromatic rings. The second-order valence-corrected chi connectivity index (χ2v) is 5.96. The van der Waals surface area contributed by atoms with E-state index in [4.69, 9.17) is 0 Å². The molecule has 0 saturated carbocycles. The minimum atomic E-state index is -0.423. The van der Waals surface area contributed by atoms with Gasteiger partial charge in [0.05, 0.1) is 5.56 Å². The van der Waals surface area contributed by atoms with Crippen molar-refractivity contribution in [1.82, 2.24) is 15.1 Å². The van der Waals surface area contributed by atoms with Crippen molar-refractivity contribution in [2.24, 2.45) is 0 Å². The number of hydrogen-bond donors (Lipinski definition) is 1. The average molecular weight is 328 g/mol. The van der Waals surface area contributed by atoms with E-state index in [9.17, 15) is 9.18 Å². The number of carbonyl (C=O) groups excluding carboxylic acids is 1. The highest BCUT2D eigenvalue weighted by Crippen LogP contribution is 2.16. The molecule has 0 aliphatic carbocycles. The van der Waals surface area contributed by atoms with E-state index in [2.05, 4.69) is 10.2 Å². The Morgan fingerprint density at radius 3 is 2.64 bits per heavy atom. The molecule has 0 spiro atoms. The lowest BCUT2D eigenvalue weighted by Crippen LogP contribution is -2.52. The van der Waals surface area contributed by atoms with Crippen molar-refractivity contribution in [2.45, 2.75) is 19.4 Å². The summed E-state index contributed by atoms with van der Waals surface area (Å²) in [4.78, 5) is 16.7. The van der Waals surface area contributed by atoms with E-state index in [-0.39, 0.29) is 23.9 Å². The number of benzene rings is 1. The number of nitrogens with zero attached hydrogens (tertiary/aromatic N) is 2. The zero-order chi connectivity index (χ0) is 14.8. The fourth-order valence-electron chi connectivity index (χ4n) is 3.21. The quantitative estimate of drug-likeness (QED) is 0.897. The molecular weight excluding hydrogens is 305 g/mol. The number of rotatable bonds is 2. The molecule has 1 aromatic carbocycles. The topological polar surface area (TPSA) is 35.6 Å². The van der Waals surface area contributed by atoms with Crippen molar-refractivity contribution < 1.29 is 9.18 Å². The first kappa shape index (κ1) is 17.2. The van der Waals surface area contributed by atoms with Crippen LogP contribution in [0.1, 0.15) is 22.3 Å². The number of nitrogens with one attached hydrogen (secondary N) is 1. The van der Waals surface area contributed by atoms with Gasteiger partial charge in [-0.05, 0) is 32.0 Å². The van der Waals surface area contributed by atoms with Crippen LogP contribution in [0.25, 0.3) is 0 Å². The molecule has 3 rings (SSSR count). The van der Waals surface area contributed by atoms with E-state index in [1.54, 1.807) is 17.0 Å². The summed E-state index contributed by atoms with van der Waals surface area (Å²) in [6, 6.07) is 5.31. The van der Waals surface area contributed by atoms with E-state index in [0.29, 0.717) is 19.1 Å². The monoisotopic (exact) mass is 327 g/mol. The molecule has 2 aliphatic heterocycles. The molecule has 4 nitrogen and oxygen atoms in total. The fraction of sp³-hybridized carbons (Fsp3) is 0.562. The highest BCUT2D eigenvalue weighted by molar-refractivity contribution is 5.94. The van der Waals surface area contributed by atoms with Gasteiger partial charge in [-0.2, -0.15) is 0 Å². The highest BCUT2D eigenvalue weighted by atomic mass is 35.5. The van der Waals surface area contributed by atoms with Gasteiger partial charge in [0, 0.05) is 38.8 Å². The van der Waals surface area contributed by atoms with Gasteiger partial charge in [-0.3, -0.25) is 9.69 Å². The lowest BCUT2D eigenvalue weighted by atomic mass is 10.1. The average Bonchev–Trinajstić information content (AvgIpc) is 3.03. The van der Waals surface area contributed by atoms with E-state index in [1.165, 1.54) is 12.5 Å². The second kappa shape index (κ2) is 7.40. The van der Waals surface area contributed by atoms with Crippen LogP contribution in [0.3, 0.4) is 0 Å². The van der Waals surface area contributed by atoms with E-state index in [0.717, 1.165) is 31.7 Å². The third-order valence-corrected chi connectivity index (χ3v) is 4.50. The maximum absolute atomic E-state index is 13.8. The molecule has 1 unspecified atom stereocenters. The smallest absolute Gasteiger partial charge is 0.256 e. The Morgan fingerprint density at radius 1 is 1.27 bits per heavy atom. The number of piperazine rings is 1. The van der Waals surface area contributed by atoms with Gasteiger partial charge < -0.3 is 10.2 Å². The molecule has 2 saturated heterocycles. The van der Waals surface area contributed by atoms with E-state index < -0.39 is 5.82 Å². The third kappa shape index (κ3) is 3.59. The molecule has 2 fully saturated rings. The summed E-state index contributed by atoms with van der Waals surface area (Å²) in [5.41, 5.74) is 1.11. The lowest BCUT2D eigenvalue weighted by Gasteiger charge is -2.37. The zero-order valence-electron chi connectivity index (χ0n) is 12.8. The molecule has 1 amide bonds. The lowest BCUT2D eigenvalue weighted by molar-refractivity contribution is 0.0579. The molecular formula is C16H23ClFN3O. The number of halogens is 2. The summed E-state index contributed by atoms with van der Waals surface area (Å²) in [6.07, 6.45) is 1.18. The summed E-state index contributed by atoms with van der Waals surface area (Å²) in [5, 5.41) is 3.37. The van der Waals surface area contributed by atoms with Crippen molar-refractivity contribution in [1.29, 1.82) is 0 Å². The summed E-state index contributed by atoms with van der Waals surface area (Å²) >= 11 is 0. The Bertz CT molecular complexity index is 526. The molecule has 2 aliphatic rings. The van der Waals surface area contributed by atoms with Crippen molar-refractivity contribution >= 4 is 18.3 Å². The SMILES string of the molecule is Cc1ccc(F)c(C(=O)N2CCN(C3CCNC3)CC2)c1.Cl. The second-order valence-electron chi connectivity index (χ2n) is 5.96. The van der Waals surface area contributed by atoms with Crippen LogP contribution in [0.4, 0.5) is 4.39 Å². The van der Waals surface area contributed by atoms with Gasteiger partial charge in [0.25, 0.3) is 5.91 Å². The van der Waals surface area contributed by atoms with Crippen LogP contribution in [0, 0.1) is 12.7 Å². The predicted octanol–water partition coefficient (Wildman–Crippen LogP) is 1.68. The van der Waals surface area contributed by atoms with Crippen molar-refractivity contribution in [2.75, 3.05) is 39.3 Å². The van der Waals surface area contributed by atoms with E-state index >= 15 is 0 Å². The normalized spacial score (nSPS) is 22.5. The first-order chi connectivity index (χ1) is 10.1. The number of aryl methyl sites for hydroxylation is 1. The Hall–Kier alpha value is -1.17. The number of amides is 1. The number of carbonyl (C=O) groups is 1. The summed E-state index contributed by atoms with van der Waals surface area (Å²) in [6.45, 7) is 7.13. The highest BCUT2D eigenvalue weighted by Gasteiger charge is 2.28. The van der Waals surface area contributed by atoms with Gasteiger partial charge in [0.15, 0.2) is 0 Å². The minimum absolute atomic E-state index is 0. The molecule has 1 N–H and O–H groups in total. The van der Waals surface area contributed by atoms with Crippen molar-refractivity contribution in [3.05, 3.63) is 35.1 Å². The van der Waals surface area contributed by atoms with Gasteiger partial charge in [-0.1, -0.05) is 11.6 Å². The van der Waals surface area contributed by atoms with E-state index in [1.807, 2.05) is 6.92 Å². The van der Waals surface area contributed by atoms with Crippen LogP contribution in [-0.2, 0) is 0 Å². The third-order valence-electron chi connectivity index (χ3n) is 4.50. The maximum atomic E-state index is 13.8. The molecule has 6 heteroatoms. The Balaban J connectivity index is 0.00000176. The molecule has 0 radical (unpaired) electrons. The first-order valence-electron chi connectivity index (χ1n) is 7.65. The van der Waals surface area contributed by atoms with Crippen LogP contribution in [-0.4, -0.2) is 61.0 Å². The first-order valence-corrected chi connectivity index (χ1v) is 7.65. The number of hydrogen-bond acceptors (Lipinski definition) is 3. The van der Waals surface area contributed by atoms with Gasteiger partial charge in [0.2, 0.25) is 0 Å². The maximum Gasteiger partial charge on any atom is 0.256 e. The van der Waals surface area contributed by atoms with Gasteiger partial charge in [-0.25, -0.2) is 4.39 Å². The molecule has 122 valence electrons. The predicted molar refractivity (Wildman–Crippen MR) is 87.1 cm³/mol. The zero-order valence-corrected chi connectivity index (χ0v) is 13.7. The molecule has 1 atom stereocenters. The molecule has 0 bridgehead atoms. The molecule has 2 heterocycles. The van der Waals surface area contributed by atoms with Gasteiger partial charge in [-0.15, -0.1) is 12.4 Å². The fourth-order valence-corrected chi connectivity index (χ4v) is 3.21. The van der Waals surface area contributed by atoms with Gasteiger partial charge >= 0.3 is 0 Å². The van der Waals surface area contributed by atoms with Gasteiger partial charge in [0.1, 0.15) is 5.82 Å².